The van der Waals surface area contributed by atoms with Crippen molar-refractivity contribution < 1.29 is 26.4 Å². The average molecular weight is 331 g/mol. The maximum absolute atomic E-state index is 13.3. The third-order valence-electron chi connectivity index (χ3n) is 3.01. The van der Waals surface area contributed by atoms with Gasteiger partial charge in [-0.3, -0.25) is 0 Å². The first-order chi connectivity index (χ1) is 10.4. The van der Waals surface area contributed by atoms with Crippen molar-refractivity contribution in [2.24, 2.45) is 0 Å². The van der Waals surface area contributed by atoms with Crippen LogP contribution < -0.4 is 0 Å². The average Bonchev–Trinajstić information content (AvgIpc) is 2.99. The van der Waals surface area contributed by atoms with Crippen LogP contribution in [0.4, 0.5) is 8.78 Å². The van der Waals surface area contributed by atoms with Gasteiger partial charge in [0.15, 0.2) is 11.6 Å². The Labute approximate surface area is 127 Å². The van der Waals surface area contributed by atoms with E-state index >= 15 is 0 Å². The fourth-order valence-electron chi connectivity index (χ4n) is 1.85. The van der Waals surface area contributed by atoms with Crippen molar-refractivity contribution in [3.05, 3.63) is 54.0 Å². The number of hydrogen-bond acceptors (Lipinski definition) is 4. The van der Waals surface area contributed by atoms with Gasteiger partial charge >= 0.3 is 0 Å². The van der Waals surface area contributed by atoms with Crippen LogP contribution >= 0.6 is 0 Å². The number of benzene rings is 1. The SMILES string of the molecule is COCCN(Cc1ccoc1)S(=O)(=O)c1ccc(F)c(F)c1. The molecule has 2 rings (SSSR count). The molecule has 5 nitrogen and oxygen atoms in total. The Morgan fingerprint density at radius 3 is 2.59 bits per heavy atom. The highest BCUT2D eigenvalue weighted by Crippen LogP contribution is 2.20. The molecular weight excluding hydrogens is 316 g/mol. The van der Waals surface area contributed by atoms with E-state index < -0.39 is 21.7 Å². The van der Waals surface area contributed by atoms with Crippen molar-refractivity contribution in [1.82, 2.24) is 4.31 Å². The molecule has 1 heterocycles. The lowest BCUT2D eigenvalue weighted by Crippen LogP contribution is -2.33. The number of sulfonamides is 1. The van der Waals surface area contributed by atoms with Crippen LogP contribution in [0.2, 0.25) is 0 Å². The number of halogens is 2. The van der Waals surface area contributed by atoms with Crippen LogP contribution in [-0.2, 0) is 21.3 Å². The largest absolute Gasteiger partial charge is 0.472 e. The van der Waals surface area contributed by atoms with Gasteiger partial charge in [-0.05, 0) is 24.3 Å². The molecule has 0 fully saturated rings. The van der Waals surface area contributed by atoms with Crippen LogP contribution in [0, 0.1) is 11.6 Å². The smallest absolute Gasteiger partial charge is 0.243 e. The summed E-state index contributed by atoms with van der Waals surface area (Å²) in [5, 5.41) is 0. The topological polar surface area (TPSA) is 59.8 Å². The molecule has 0 aliphatic rings. The molecule has 0 amide bonds. The van der Waals surface area contributed by atoms with Crippen LogP contribution in [-0.4, -0.2) is 33.0 Å². The van der Waals surface area contributed by atoms with Crippen molar-refractivity contribution in [3.8, 4) is 0 Å². The van der Waals surface area contributed by atoms with E-state index in [9.17, 15) is 17.2 Å². The van der Waals surface area contributed by atoms with E-state index in [1.54, 1.807) is 6.07 Å². The van der Waals surface area contributed by atoms with Gasteiger partial charge in [0.2, 0.25) is 10.0 Å². The van der Waals surface area contributed by atoms with E-state index in [0.717, 1.165) is 16.4 Å². The summed E-state index contributed by atoms with van der Waals surface area (Å²) < 4.78 is 62.4. The number of rotatable bonds is 7. The van der Waals surface area contributed by atoms with Crippen LogP contribution in [0.15, 0.2) is 46.1 Å². The lowest BCUT2D eigenvalue weighted by Gasteiger charge is -2.21. The molecule has 0 saturated heterocycles. The second-order valence-electron chi connectivity index (χ2n) is 4.54. The lowest BCUT2D eigenvalue weighted by atomic mass is 10.3. The summed E-state index contributed by atoms with van der Waals surface area (Å²) in [5.74, 6) is -2.31. The van der Waals surface area contributed by atoms with Gasteiger partial charge in [-0.15, -0.1) is 0 Å². The monoisotopic (exact) mass is 331 g/mol. The normalized spacial score (nSPS) is 12.0. The minimum absolute atomic E-state index is 0.0428. The summed E-state index contributed by atoms with van der Waals surface area (Å²) in [6.07, 6.45) is 2.84. The van der Waals surface area contributed by atoms with Crippen LogP contribution in [0.3, 0.4) is 0 Å². The maximum atomic E-state index is 13.3. The molecule has 1 aromatic heterocycles. The summed E-state index contributed by atoms with van der Waals surface area (Å²) >= 11 is 0. The molecule has 0 aliphatic carbocycles. The highest BCUT2D eigenvalue weighted by Gasteiger charge is 2.25. The van der Waals surface area contributed by atoms with Gasteiger partial charge in [-0.2, -0.15) is 4.31 Å². The van der Waals surface area contributed by atoms with Gasteiger partial charge < -0.3 is 9.15 Å². The molecule has 1 aromatic carbocycles. The van der Waals surface area contributed by atoms with Crippen LogP contribution in [0.1, 0.15) is 5.56 Å². The maximum Gasteiger partial charge on any atom is 0.243 e. The summed E-state index contributed by atoms with van der Waals surface area (Å²) in [6.45, 7) is 0.283. The molecule has 0 bridgehead atoms. The zero-order valence-electron chi connectivity index (χ0n) is 11.8. The van der Waals surface area contributed by atoms with Crippen LogP contribution in [0.5, 0.6) is 0 Å². The van der Waals surface area contributed by atoms with E-state index in [4.69, 9.17) is 9.15 Å². The highest BCUT2D eigenvalue weighted by molar-refractivity contribution is 7.89. The van der Waals surface area contributed by atoms with Crippen molar-refractivity contribution in [2.75, 3.05) is 20.3 Å². The third kappa shape index (κ3) is 3.70. The Balaban J connectivity index is 2.32. The molecular formula is C14H15F2NO4S. The predicted molar refractivity (Wildman–Crippen MR) is 74.5 cm³/mol. The summed E-state index contributed by atoms with van der Waals surface area (Å²) in [6, 6.07) is 4.11. The van der Waals surface area contributed by atoms with Crippen molar-refractivity contribution in [1.29, 1.82) is 0 Å². The van der Waals surface area contributed by atoms with Crippen molar-refractivity contribution >= 4 is 10.0 Å². The number of furan rings is 1. The Kier molecular flexibility index (Phi) is 5.28. The molecule has 2 aromatic rings. The first-order valence-corrected chi connectivity index (χ1v) is 7.84. The van der Waals surface area contributed by atoms with Gasteiger partial charge in [0.25, 0.3) is 0 Å². The molecule has 0 atom stereocenters. The minimum Gasteiger partial charge on any atom is -0.472 e. The predicted octanol–water partition coefficient (Wildman–Crippen LogP) is 2.40. The van der Waals surface area contributed by atoms with Gasteiger partial charge in [0.1, 0.15) is 0 Å². The number of ether oxygens (including phenoxy) is 1. The Morgan fingerprint density at radius 2 is 2.00 bits per heavy atom. The molecule has 0 unspecified atom stereocenters. The third-order valence-corrected chi connectivity index (χ3v) is 4.85. The molecule has 22 heavy (non-hydrogen) atoms. The highest BCUT2D eigenvalue weighted by atomic mass is 32.2. The molecule has 8 heteroatoms. The van der Waals surface area contributed by atoms with Gasteiger partial charge in [0, 0.05) is 25.8 Å². The van der Waals surface area contributed by atoms with E-state index in [1.807, 2.05) is 0 Å². The zero-order valence-corrected chi connectivity index (χ0v) is 12.6. The molecule has 0 aliphatic heterocycles. The van der Waals surface area contributed by atoms with E-state index in [-0.39, 0.29) is 24.6 Å². The van der Waals surface area contributed by atoms with E-state index in [2.05, 4.69) is 0 Å². The Hall–Kier alpha value is -1.77. The van der Waals surface area contributed by atoms with Gasteiger partial charge in [-0.25, -0.2) is 17.2 Å². The van der Waals surface area contributed by atoms with E-state index in [1.165, 1.54) is 19.6 Å². The Bertz CT molecular complexity index is 716. The zero-order chi connectivity index (χ0) is 16.2. The fourth-order valence-corrected chi connectivity index (χ4v) is 3.27. The van der Waals surface area contributed by atoms with Crippen molar-refractivity contribution in [2.45, 2.75) is 11.4 Å². The standard InChI is InChI=1S/C14H15F2NO4S/c1-20-7-5-17(9-11-4-6-21-10-11)22(18,19)12-2-3-13(15)14(16)8-12/h2-4,6,8,10H,5,7,9H2,1H3. The summed E-state index contributed by atoms with van der Waals surface area (Å²) in [4.78, 5) is -0.314. The second-order valence-corrected chi connectivity index (χ2v) is 6.48. The van der Waals surface area contributed by atoms with Crippen LogP contribution in [0.25, 0.3) is 0 Å². The first kappa shape index (κ1) is 16.6. The summed E-state index contributed by atoms with van der Waals surface area (Å²) in [5.41, 5.74) is 0.641. The number of nitrogens with zero attached hydrogens (tertiary/aromatic N) is 1. The second kappa shape index (κ2) is 6.99. The number of hydrogen-bond donors (Lipinski definition) is 0. The minimum atomic E-state index is -3.98. The number of methoxy groups -OCH3 is 1. The lowest BCUT2D eigenvalue weighted by molar-refractivity contribution is 0.177. The Morgan fingerprint density at radius 1 is 1.23 bits per heavy atom. The molecule has 0 radical (unpaired) electrons. The van der Waals surface area contributed by atoms with Gasteiger partial charge in [0.05, 0.1) is 24.0 Å². The quantitative estimate of drug-likeness (QED) is 0.782. The summed E-state index contributed by atoms with van der Waals surface area (Å²) in [7, 11) is -2.54. The molecule has 0 spiro atoms. The van der Waals surface area contributed by atoms with E-state index in [0.29, 0.717) is 11.6 Å². The van der Waals surface area contributed by atoms with Gasteiger partial charge in [-0.1, -0.05) is 0 Å². The molecule has 120 valence electrons. The molecule has 0 saturated carbocycles. The first-order valence-electron chi connectivity index (χ1n) is 6.40. The molecule has 0 N–H and O–H groups in total. The van der Waals surface area contributed by atoms with Crippen molar-refractivity contribution in [3.63, 3.8) is 0 Å². The fraction of sp³-hybridized carbons (Fsp3) is 0.286.